The molecule has 1 aliphatic carbocycles. The zero-order valence-electron chi connectivity index (χ0n) is 10.8. The fraction of sp³-hybridized carbons (Fsp3) is 0.786. The summed E-state index contributed by atoms with van der Waals surface area (Å²) in [6.07, 6.45) is 8.48. The van der Waals surface area contributed by atoms with Crippen LogP contribution in [0.15, 0.2) is 12.2 Å². The molecule has 1 aliphatic heterocycles. The van der Waals surface area contributed by atoms with Gasteiger partial charge >= 0.3 is 0 Å². The average Bonchev–Trinajstić information content (AvgIpc) is 2.82. The van der Waals surface area contributed by atoms with E-state index in [0.717, 1.165) is 32.4 Å². The first-order chi connectivity index (χ1) is 8.20. The highest BCUT2D eigenvalue weighted by Gasteiger charge is 2.28. The van der Waals surface area contributed by atoms with Crippen LogP contribution in [0.4, 0.5) is 0 Å². The lowest BCUT2D eigenvalue weighted by Crippen LogP contribution is -2.45. The highest BCUT2D eigenvalue weighted by molar-refractivity contribution is 5.76. The van der Waals surface area contributed by atoms with Crippen molar-refractivity contribution in [3.8, 4) is 0 Å². The molecule has 96 valence electrons. The molecule has 0 aromatic carbocycles. The summed E-state index contributed by atoms with van der Waals surface area (Å²) >= 11 is 0. The molecule has 3 unspecified atom stereocenters. The number of likely N-dealkylation sites (tertiary alicyclic amines) is 1. The minimum atomic E-state index is 0.326. The third kappa shape index (κ3) is 3.09. The van der Waals surface area contributed by atoms with Gasteiger partial charge in [-0.15, -0.1) is 0 Å². The smallest absolute Gasteiger partial charge is 0.223 e. The molecule has 2 rings (SSSR count). The summed E-state index contributed by atoms with van der Waals surface area (Å²) < 4.78 is 0. The Morgan fingerprint density at radius 1 is 1.47 bits per heavy atom. The number of hydrogen-bond acceptors (Lipinski definition) is 2. The van der Waals surface area contributed by atoms with Gasteiger partial charge in [0.15, 0.2) is 0 Å². The normalized spacial score (nSPS) is 33.1. The van der Waals surface area contributed by atoms with E-state index in [-0.39, 0.29) is 0 Å². The Kier molecular flexibility index (Phi) is 4.21. The fourth-order valence-electron chi connectivity index (χ4n) is 2.90. The molecule has 1 saturated heterocycles. The second-order valence-electron chi connectivity index (χ2n) is 5.57. The summed E-state index contributed by atoms with van der Waals surface area (Å²) in [5.41, 5.74) is 5.77. The summed E-state index contributed by atoms with van der Waals surface area (Å²) in [6, 6.07) is 0. The van der Waals surface area contributed by atoms with Crippen LogP contribution in [-0.2, 0) is 4.79 Å². The van der Waals surface area contributed by atoms with Crippen LogP contribution in [0.2, 0.25) is 0 Å². The van der Waals surface area contributed by atoms with Gasteiger partial charge in [0.25, 0.3) is 0 Å². The molecule has 3 nitrogen and oxygen atoms in total. The van der Waals surface area contributed by atoms with Gasteiger partial charge in [-0.05, 0) is 43.6 Å². The van der Waals surface area contributed by atoms with Crippen molar-refractivity contribution in [3.05, 3.63) is 12.2 Å². The van der Waals surface area contributed by atoms with Gasteiger partial charge in [0.05, 0.1) is 0 Å². The highest BCUT2D eigenvalue weighted by Crippen LogP contribution is 2.25. The Morgan fingerprint density at radius 3 is 2.94 bits per heavy atom. The SMILES string of the molecule is CC1CCN(C(=O)CC2C=CCC2)CC1CN. The number of rotatable bonds is 3. The van der Waals surface area contributed by atoms with Crippen LogP contribution >= 0.6 is 0 Å². The molecule has 17 heavy (non-hydrogen) atoms. The first-order valence-electron chi connectivity index (χ1n) is 6.85. The second kappa shape index (κ2) is 5.67. The molecule has 1 amide bonds. The zero-order valence-corrected chi connectivity index (χ0v) is 10.8. The van der Waals surface area contributed by atoms with Crippen molar-refractivity contribution in [2.75, 3.05) is 19.6 Å². The Hall–Kier alpha value is -0.830. The predicted octanol–water partition coefficient (Wildman–Crippen LogP) is 1.79. The minimum Gasteiger partial charge on any atom is -0.342 e. The first-order valence-corrected chi connectivity index (χ1v) is 6.85. The lowest BCUT2D eigenvalue weighted by molar-refractivity contribution is -0.134. The van der Waals surface area contributed by atoms with E-state index in [0.29, 0.717) is 36.6 Å². The summed E-state index contributed by atoms with van der Waals surface area (Å²) in [6.45, 7) is 4.74. The van der Waals surface area contributed by atoms with Crippen LogP contribution in [0.1, 0.15) is 32.6 Å². The van der Waals surface area contributed by atoms with E-state index in [4.69, 9.17) is 5.73 Å². The zero-order chi connectivity index (χ0) is 12.3. The molecule has 0 saturated carbocycles. The Bertz CT molecular complexity index is 301. The van der Waals surface area contributed by atoms with Gasteiger partial charge in [-0.2, -0.15) is 0 Å². The van der Waals surface area contributed by atoms with Gasteiger partial charge < -0.3 is 10.6 Å². The number of nitrogens with zero attached hydrogens (tertiary/aromatic N) is 1. The van der Waals surface area contributed by atoms with Crippen molar-refractivity contribution < 1.29 is 4.79 Å². The number of carbonyl (C=O) groups is 1. The molecule has 0 spiro atoms. The third-order valence-electron chi connectivity index (χ3n) is 4.32. The van der Waals surface area contributed by atoms with Crippen LogP contribution in [0.25, 0.3) is 0 Å². The number of hydrogen-bond donors (Lipinski definition) is 1. The van der Waals surface area contributed by atoms with Crippen LogP contribution in [-0.4, -0.2) is 30.4 Å². The van der Waals surface area contributed by atoms with E-state index in [1.165, 1.54) is 0 Å². The molecular weight excluding hydrogens is 212 g/mol. The van der Waals surface area contributed by atoms with E-state index in [1.54, 1.807) is 0 Å². The van der Waals surface area contributed by atoms with E-state index in [1.807, 2.05) is 4.90 Å². The van der Waals surface area contributed by atoms with Gasteiger partial charge in [-0.1, -0.05) is 19.1 Å². The second-order valence-corrected chi connectivity index (χ2v) is 5.57. The number of allylic oxidation sites excluding steroid dienone is 2. The molecule has 2 aliphatic rings. The van der Waals surface area contributed by atoms with E-state index in [2.05, 4.69) is 19.1 Å². The number of nitrogens with two attached hydrogens (primary N) is 1. The molecular formula is C14H24N2O. The molecule has 0 radical (unpaired) electrons. The Labute approximate surface area is 104 Å². The first kappa shape index (κ1) is 12.6. The summed E-state index contributed by atoms with van der Waals surface area (Å²) in [7, 11) is 0. The van der Waals surface area contributed by atoms with Gasteiger partial charge in [-0.25, -0.2) is 0 Å². The van der Waals surface area contributed by atoms with Crippen LogP contribution in [0.5, 0.6) is 0 Å². The Morgan fingerprint density at radius 2 is 2.29 bits per heavy atom. The van der Waals surface area contributed by atoms with Gasteiger partial charge in [0.1, 0.15) is 0 Å². The number of piperidine rings is 1. The quantitative estimate of drug-likeness (QED) is 0.759. The maximum Gasteiger partial charge on any atom is 0.223 e. The highest BCUT2D eigenvalue weighted by atomic mass is 16.2. The standard InChI is InChI=1S/C14H24N2O/c1-11-6-7-16(10-13(11)9-15)14(17)8-12-4-2-3-5-12/h2,4,11-13H,3,5-10,15H2,1H3. The van der Waals surface area contributed by atoms with Gasteiger partial charge in [0, 0.05) is 19.5 Å². The number of amides is 1. The Balaban J connectivity index is 1.84. The van der Waals surface area contributed by atoms with Crippen LogP contribution in [0, 0.1) is 17.8 Å². The molecule has 2 N–H and O–H groups in total. The van der Waals surface area contributed by atoms with Crippen molar-refractivity contribution in [2.24, 2.45) is 23.5 Å². The molecule has 1 heterocycles. The van der Waals surface area contributed by atoms with Crippen molar-refractivity contribution in [2.45, 2.75) is 32.6 Å². The maximum absolute atomic E-state index is 12.2. The van der Waals surface area contributed by atoms with E-state index < -0.39 is 0 Å². The van der Waals surface area contributed by atoms with Gasteiger partial charge in [0.2, 0.25) is 5.91 Å². The number of carbonyl (C=O) groups excluding carboxylic acids is 1. The predicted molar refractivity (Wildman–Crippen MR) is 69.4 cm³/mol. The summed E-state index contributed by atoms with van der Waals surface area (Å²) in [5.74, 6) is 1.97. The van der Waals surface area contributed by atoms with Crippen molar-refractivity contribution >= 4 is 5.91 Å². The fourth-order valence-corrected chi connectivity index (χ4v) is 2.90. The molecule has 3 heteroatoms. The molecule has 1 fully saturated rings. The summed E-state index contributed by atoms with van der Waals surface area (Å²) in [5, 5.41) is 0. The van der Waals surface area contributed by atoms with E-state index >= 15 is 0 Å². The minimum absolute atomic E-state index is 0.326. The average molecular weight is 236 g/mol. The molecule has 0 bridgehead atoms. The molecule has 0 aromatic rings. The maximum atomic E-state index is 12.2. The van der Waals surface area contributed by atoms with Crippen molar-refractivity contribution in [1.29, 1.82) is 0 Å². The topological polar surface area (TPSA) is 46.3 Å². The molecule has 3 atom stereocenters. The lowest BCUT2D eigenvalue weighted by atomic mass is 9.87. The van der Waals surface area contributed by atoms with Crippen molar-refractivity contribution in [1.82, 2.24) is 4.90 Å². The van der Waals surface area contributed by atoms with E-state index in [9.17, 15) is 4.79 Å². The van der Waals surface area contributed by atoms with Gasteiger partial charge in [-0.3, -0.25) is 4.79 Å². The third-order valence-corrected chi connectivity index (χ3v) is 4.32. The van der Waals surface area contributed by atoms with Crippen LogP contribution in [0.3, 0.4) is 0 Å². The van der Waals surface area contributed by atoms with Crippen molar-refractivity contribution in [3.63, 3.8) is 0 Å². The summed E-state index contributed by atoms with van der Waals surface area (Å²) in [4.78, 5) is 14.2. The molecule has 0 aromatic heterocycles. The lowest BCUT2D eigenvalue weighted by Gasteiger charge is -2.37. The monoisotopic (exact) mass is 236 g/mol. The largest absolute Gasteiger partial charge is 0.342 e. The van der Waals surface area contributed by atoms with Crippen LogP contribution < -0.4 is 5.73 Å².